The fraction of sp³-hybridized carbons (Fsp3) is 0.375. The number of rotatable bonds is 5. The van der Waals surface area contributed by atoms with E-state index in [-0.39, 0.29) is 0 Å². The molecule has 5 aromatic rings. The molecule has 0 radical (unpaired) electrons. The largest absolute Gasteiger partial charge is 0.366 e. The normalized spacial score (nSPS) is 21.9. The highest BCUT2D eigenvalue weighted by Gasteiger charge is 2.41. The molecule has 3 fully saturated rings. The zero-order chi connectivity index (χ0) is 25.9. The minimum atomic E-state index is 0.614. The minimum Gasteiger partial charge on any atom is -0.366 e. The first kappa shape index (κ1) is 23.1. The molecule has 3 aliphatic rings. The van der Waals surface area contributed by atoms with Crippen molar-refractivity contribution in [2.75, 3.05) is 30.4 Å². The van der Waals surface area contributed by atoms with Crippen molar-refractivity contribution in [3.05, 3.63) is 72.9 Å². The molecule has 5 heterocycles. The van der Waals surface area contributed by atoms with Gasteiger partial charge in [-0.2, -0.15) is 4.98 Å². The van der Waals surface area contributed by atoms with Crippen LogP contribution >= 0.6 is 0 Å². The average molecular weight is 518 g/mol. The van der Waals surface area contributed by atoms with Gasteiger partial charge in [0.25, 0.3) is 0 Å². The maximum atomic E-state index is 4.89. The standard InChI is InChI=1S/C32H35N7/c1-36-20-28-19-27(36)21-38(28)26-10-5-7-24(18-26)33-32-34-31-12-6-11-30(39(31)35-32)22-13-14-29-23(17-22)15-16-37(29)25-8-3-2-4-9-25/h5-7,10-18,25,27-28H,2-4,8-9,19-21H2,1H3,(H,33,35). The van der Waals surface area contributed by atoms with Crippen molar-refractivity contribution < 1.29 is 0 Å². The first-order valence-corrected chi connectivity index (χ1v) is 14.5. The zero-order valence-electron chi connectivity index (χ0n) is 22.5. The number of likely N-dealkylation sites (tertiary alicyclic amines) is 1. The summed E-state index contributed by atoms with van der Waals surface area (Å²) in [6.45, 7) is 2.26. The van der Waals surface area contributed by atoms with Crippen LogP contribution in [0.1, 0.15) is 44.6 Å². The van der Waals surface area contributed by atoms with Gasteiger partial charge in [0.05, 0.1) is 5.69 Å². The Kier molecular flexibility index (Phi) is 5.40. The third-order valence-corrected chi connectivity index (χ3v) is 9.29. The molecule has 1 N–H and O–H groups in total. The van der Waals surface area contributed by atoms with Gasteiger partial charge < -0.3 is 14.8 Å². The predicted octanol–water partition coefficient (Wildman–Crippen LogP) is 6.49. The minimum absolute atomic E-state index is 0.614. The van der Waals surface area contributed by atoms with Gasteiger partial charge in [-0.15, -0.1) is 5.10 Å². The molecule has 0 spiro atoms. The van der Waals surface area contributed by atoms with Crippen LogP contribution in [-0.2, 0) is 0 Å². The lowest BCUT2D eigenvalue weighted by Crippen LogP contribution is -2.44. The second-order valence-electron chi connectivity index (χ2n) is 11.7. The second-order valence-corrected chi connectivity index (χ2v) is 11.7. The van der Waals surface area contributed by atoms with Crippen molar-refractivity contribution in [2.24, 2.45) is 0 Å². The van der Waals surface area contributed by atoms with Crippen LogP contribution in [0.4, 0.5) is 17.3 Å². The van der Waals surface area contributed by atoms with Crippen LogP contribution in [0.2, 0.25) is 0 Å². The summed E-state index contributed by atoms with van der Waals surface area (Å²) in [5, 5.41) is 9.65. The van der Waals surface area contributed by atoms with Crippen molar-refractivity contribution in [1.29, 1.82) is 0 Å². The van der Waals surface area contributed by atoms with Gasteiger partial charge in [0, 0.05) is 65.3 Å². The van der Waals surface area contributed by atoms with Gasteiger partial charge in [-0.05, 0) is 74.8 Å². The van der Waals surface area contributed by atoms with E-state index in [0.29, 0.717) is 24.1 Å². The molecule has 0 amide bonds. The SMILES string of the molecule is CN1CC2CC1CN2c1cccc(Nc2nc3cccc(-c4ccc5c(ccn5C5CCCCC5)c4)n3n2)c1. The molecule has 7 nitrogen and oxygen atoms in total. The highest BCUT2D eigenvalue weighted by Crippen LogP contribution is 2.36. The van der Waals surface area contributed by atoms with Crippen LogP contribution in [0, 0.1) is 0 Å². The number of hydrogen-bond acceptors (Lipinski definition) is 5. The van der Waals surface area contributed by atoms with Crippen LogP contribution < -0.4 is 10.2 Å². The topological polar surface area (TPSA) is 53.6 Å². The molecule has 1 saturated carbocycles. The van der Waals surface area contributed by atoms with Crippen LogP contribution in [0.5, 0.6) is 0 Å². The number of pyridine rings is 1. The maximum Gasteiger partial charge on any atom is 0.247 e. The van der Waals surface area contributed by atoms with E-state index in [4.69, 9.17) is 10.1 Å². The third-order valence-electron chi connectivity index (χ3n) is 9.29. The van der Waals surface area contributed by atoms with Crippen molar-refractivity contribution in [2.45, 2.75) is 56.7 Å². The molecule has 2 unspecified atom stereocenters. The van der Waals surface area contributed by atoms with Crippen molar-refractivity contribution in [1.82, 2.24) is 24.1 Å². The molecule has 2 atom stereocenters. The smallest absolute Gasteiger partial charge is 0.247 e. The molecule has 2 saturated heterocycles. The molecule has 3 aromatic heterocycles. The summed E-state index contributed by atoms with van der Waals surface area (Å²) >= 11 is 0. The van der Waals surface area contributed by atoms with E-state index < -0.39 is 0 Å². The van der Waals surface area contributed by atoms with E-state index >= 15 is 0 Å². The van der Waals surface area contributed by atoms with Gasteiger partial charge in [0.15, 0.2) is 5.65 Å². The van der Waals surface area contributed by atoms with E-state index in [1.807, 2.05) is 10.6 Å². The fourth-order valence-electron chi connectivity index (χ4n) is 7.25. The third kappa shape index (κ3) is 3.98. The van der Waals surface area contributed by atoms with Crippen LogP contribution in [-0.4, -0.2) is 56.3 Å². The Hall–Kier alpha value is -3.84. The number of nitrogens with zero attached hydrogens (tertiary/aromatic N) is 6. The van der Waals surface area contributed by atoms with E-state index in [0.717, 1.165) is 35.7 Å². The zero-order valence-corrected chi connectivity index (χ0v) is 22.5. The number of hydrogen-bond donors (Lipinski definition) is 1. The Morgan fingerprint density at radius 2 is 1.74 bits per heavy atom. The van der Waals surface area contributed by atoms with Gasteiger partial charge in [-0.3, -0.25) is 4.90 Å². The molecule has 1 aliphatic carbocycles. The number of benzene rings is 2. The summed E-state index contributed by atoms with van der Waals surface area (Å²) in [5.41, 5.74) is 6.67. The molecule has 2 aliphatic heterocycles. The highest BCUT2D eigenvalue weighted by atomic mass is 15.4. The van der Waals surface area contributed by atoms with Crippen molar-refractivity contribution in [3.8, 4) is 11.3 Å². The summed E-state index contributed by atoms with van der Waals surface area (Å²) in [6.07, 6.45) is 10.2. The molecule has 2 aromatic carbocycles. The van der Waals surface area contributed by atoms with Crippen molar-refractivity contribution in [3.63, 3.8) is 0 Å². The predicted molar refractivity (Wildman–Crippen MR) is 158 cm³/mol. The molecule has 2 bridgehead atoms. The first-order valence-electron chi connectivity index (χ1n) is 14.5. The lowest BCUT2D eigenvalue weighted by atomic mass is 9.95. The Morgan fingerprint density at radius 3 is 2.59 bits per heavy atom. The van der Waals surface area contributed by atoms with Crippen LogP contribution in [0.3, 0.4) is 0 Å². The highest BCUT2D eigenvalue weighted by molar-refractivity contribution is 5.85. The number of aromatic nitrogens is 4. The van der Waals surface area contributed by atoms with E-state index in [2.05, 4.69) is 93.6 Å². The van der Waals surface area contributed by atoms with Crippen LogP contribution in [0.15, 0.2) is 72.9 Å². The molecule has 39 heavy (non-hydrogen) atoms. The summed E-state index contributed by atoms with van der Waals surface area (Å²) in [5.74, 6) is 0.617. The van der Waals surface area contributed by atoms with E-state index in [9.17, 15) is 0 Å². The van der Waals surface area contributed by atoms with Gasteiger partial charge in [-0.25, -0.2) is 4.52 Å². The Labute approximate surface area is 229 Å². The van der Waals surface area contributed by atoms with Crippen LogP contribution in [0.25, 0.3) is 27.8 Å². The summed E-state index contributed by atoms with van der Waals surface area (Å²) in [7, 11) is 2.24. The number of likely N-dealkylation sites (N-methyl/N-ethyl adjacent to an activating group) is 1. The Morgan fingerprint density at radius 1 is 0.846 bits per heavy atom. The quantitative estimate of drug-likeness (QED) is 0.289. The fourth-order valence-corrected chi connectivity index (χ4v) is 7.25. The Balaban J connectivity index is 1.07. The number of anilines is 3. The monoisotopic (exact) mass is 517 g/mol. The molecular weight excluding hydrogens is 482 g/mol. The molecular formula is C32H35N7. The second kappa shape index (κ2) is 9.12. The molecule has 198 valence electrons. The number of fused-ring (bicyclic) bond motifs is 4. The summed E-state index contributed by atoms with van der Waals surface area (Å²) in [4.78, 5) is 9.86. The molecule has 7 heteroatoms. The van der Waals surface area contributed by atoms with Gasteiger partial charge >= 0.3 is 0 Å². The Bertz CT molecular complexity index is 1660. The molecule has 8 rings (SSSR count). The number of nitrogens with one attached hydrogen (secondary N) is 1. The summed E-state index contributed by atoms with van der Waals surface area (Å²) in [6, 6.07) is 25.9. The van der Waals surface area contributed by atoms with E-state index in [1.54, 1.807) is 0 Å². The lowest BCUT2D eigenvalue weighted by molar-refractivity contribution is 0.292. The van der Waals surface area contributed by atoms with Gasteiger partial charge in [-0.1, -0.05) is 37.5 Å². The maximum absolute atomic E-state index is 4.89. The van der Waals surface area contributed by atoms with Gasteiger partial charge in [0.2, 0.25) is 5.95 Å². The first-order chi connectivity index (χ1) is 19.2. The van der Waals surface area contributed by atoms with Gasteiger partial charge in [0.1, 0.15) is 0 Å². The average Bonchev–Trinajstić information content (AvgIpc) is 3.75. The van der Waals surface area contributed by atoms with E-state index in [1.165, 1.54) is 55.1 Å². The lowest BCUT2D eigenvalue weighted by Gasteiger charge is -2.33. The number of piperazine rings is 1. The summed E-state index contributed by atoms with van der Waals surface area (Å²) < 4.78 is 4.46. The van der Waals surface area contributed by atoms with Crippen molar-refractivity contribution >= 4 is 33.9 Å².